The molecule has 92 valence electrons. The molecule has 0 spiro atoms. The molecule has 7 nitrogen and oxygen atoms in total. The van der Waals surface area contributed by atoms with Crippen LogP contribution in [-0.4, -0.2) is 67.1 Å². The molecule has 0 heterocycles. The quantitative estimate of drug-likeness (QED) is 0.311. The van der Waals surface area contributed by atoms with Crippen LogP contribution < -0.4 is 0 Å². The first kappa shape index (κ1) is 17.0. The molecule has 4 atom stereocenters. The Hall–Kier alpha value is -0.440. The maximum atomic E-state index is 10.4. The highest BCUT2D eigenvalue weighted by molar-refractivity contribution is 5.85. The summed E-state index contributed by atoms with van der Waals surface area (Å²) in [4.78, 5) is 10.4. The van der Waals surface area contributed by atoms with Crippen LogP contribution in [0.3, 0.4) is 0 Å². The molecule has 0 rings (SSSR count). The average Bonchev–Trinajstić information content (AvgIpc) is 2.13. The van der Waals surface area contributed by atoms with Gasteiger partial charge in [-0.3, -0.25) is 0 Å². The largest absolute Gasteiger partial charge is 0.479 e. The number of hydrogen-bond donors (Lipinski definition) is 6. The van der Waals surface area contributed by atoms with Crippen LogP contribution in [0.15, 0.2) is 0 Å². The van der Waals surface area contributed by atoms with Crippen LogP contribution in [0.4, 0.5) is 0 Å². The summed E-state index contributed by atoms with van der Waals surface area (Å²) in [6, 6.07) is 0. The van der Waals surface area contributed by atoms with Gasteiger partial charge in [-0.25, -0.2) is 4.79 Å². The number of carbonyl (C=O) groups is 1. The van der Waals surface area contributed by atoms with E-state index in [4.69, 9.17) is 25.5 Å². The monoisotopic (exact) mass is 246 g/mol. The van der Waals surface area contributed by atoms with Crippen molar-refractivity contribution in [2.75, 3.05) is 6.61 Å². The molecule has 0 aliphatic heterocycles. The molecular formula is C7H15ClO7. The van der Waals surface area contributed by atoms with Gasteiger partial charge < -0.3 is 30.6 Å². The van der Waals surface area contributed by atoms with E-state index in [1.54, 1.807) is 0 Å². The molecule has 0 aliphatic rings. The molecule has 0 saturated carbocycles. The molecule has 0 aliphatic carbocycles. The lowest BCUT2D eigenvalue weighted by Gasteiger charge is -2.30. The fourth-order valence-corrected chi connectivity index (χ4v) is 0.777. The van der Waals surface area contributed by atoms with E-state index in [-0.39, 0.29) is 12.4 Å². The summed E-state index contributed by atoms with van der Waals surface area (Å²) in [5.74, 6) is -1.74. The molecule has 0 bridgehead atoms. The lowest BCUT2D eigenvalue weighted by atomic mass is 9.92. The molecule has 0 aromatic heterocycles. The van der Waals surface area contributed by atoms with Crippen LogP contribution in [0.25, 0.3) is 0 Å². The number of carboxylic acids is 1. The summed E-state index contributed by atoms with van der Waals surface area (Å²) in [5, 5.41) is 53.2. The highest BCUT2D eigenvalue weighted by atomic mass is 35.5. The predicted molar refractivity (Wildman–Crippen MR) is 50.6 cm³/mol. The maximum Gasteiger partial charge on any atom is 0.338 e. The number of halogens is 1. The summed E-state index contributed by atoms with van der Waals surface area (Å²) >= 11 is 0. The van der Waals surface area contributed by atoms with Crippen LogP contribution in [-0.2, 0) is 4.79 Å². The summed E-state index contributed by atoms with van der Waals surface area (Å²) in [6.45, 7) is -0.0821. The molecule has 0 saturated heterocycles. The fourth-order valence-electron chi connectivity index (χ4n) is 0.777. The van der Waals surface area contributed by atoms with Gasteiger partial charge in [0.2, 0.25) is 0 Å². The van der Waals surface area contributed by atoms with E-state index in [9.17, 15) is 9.90 Å². The highest BCUT2D eigenvalue weighted by Crippen LogP contribution is 2.15. The van der Waals surface area contributed by atoms with Gasteiger partial charge in [-0.05, 0) is 6.92 Å². The van der Waals surface area contributed by atoms with Crippen molar-refractivity contribution in [2.45, 2.75) is 30.8 Å². The first-order chi connectivity index (χ1) is 6.25. The molecule has 0 aromatic rings. The van der Waals surface area contributed by atoms with Gasteiger partial charge in [0.05, 0.1) is 6.61 Å². The van der Waals surface area contributed by atoms with E-state index < -0.39 is 36.5 Å². The lowest BCUT2D eigenvalue weighted by Crippen LogP contribution is -2.56. The zero-order chi connectivity index (χ0) is 11.5. The Bertz CT molecular complexity index is 208. The van der Waals surface area contributed by atoms with Gasteiger partial charge in [0.15, 0.2) is 5.60 Å². The molecule has 0 fully saturated rings. The van der Waals surface area contributed by atoms with Crippen molar-refractivity contribution in [3.8, 4) is 0 Å². The molecular weight excluding hydrogens is 232 g/mol. The first-order valence-electron chi connectivity index (χ1n) is 3.86. The van der Waals surface area contributed by atoms with Crippen LogP contribution in [0.2, 0.25) is 0 Å². The van der Waals surface area contributed by atoms with Crippen molar-refractivity contribution < 1.29 is 35.4 Å². The second-order valence-corrected chi connectivity index (χ2v) is 3.14. The van der Waals surface area contributed by atoms with Gasteiger partial charge in [-0.2, -0.15) is 0 Å². The van der Waals surface area contributed by atoms with Crippen molar-refractivity contribution in [1.29, 1.82) is 0 Å². The number of aliphatic hydroxyl groups excluding tert-OH is 4. The van der Waals surface area contributed by atoms with E-state index in [0.717, 1.165) is 6.92 Å². The maximum absolute atomic E-state index is 10.4. The van der Waals surface area contributed by atoms with Gasteiger partial charge in [0.25, 0.3) is 0 Å². The Morgan fingerprint density at radius 3 is 2.00 bits per heavy atom. The Morgan fingerprint density at radius 1 is 1.33 bits per heavy atom. The van der Waals surface area contributed by atoms with Gasteiger partial charge in [0.1, 0.15) is 18.3 Å². The SMILES string of the molecule is C[C@](O)(C(=O)O)[C@@H](O)[C@H](O)[C@H](O)CO.Cl. The van der Waals surface area contributed by atoms with Crippen LogP contribution in [0.1, 0.15) is 6.92 Å². The number of rotatable bonds is 5. The smallest absolute Gasteiger partial charge is 0.338 e. The standard InChI is InChI=1S/C7H14O7.ClH/c1-7(14,6(12)13)5(11)4(10)3(9)2-8;/h3-5,8-11,14H,2H2,1H3,(H,12,13);1H/t3-,4-,5+,7-;/m1./s1. The number of aliphatic carboxylic acids is 1. The molecule has 0 aromatic carbocycles. The average molecular weight is 247 g/mol. The fraction of sp³-hybridized carbons (Fsp3) is 0.857. The van der Waals surface area contributed by atoms with Crippen molar-refractivity contribution in [2.24, 2.45) is 0 Å². The third-order valence-corrected chi connectivity index (χ3v) is 1.91. The zero-order valence-electron chi connectivity index (χ0n) is 7.94. The summed E-state index contributed by atoms with van der Waals surface area (Å²) in [7, 11) is 0. The molecule has 8 heteroatoms. The molecule has 15 heavy (non-hydrogen) atoms. The molecule has 0 amide bonds. The summed E-state index contributed by atoms with van der Waals surface area (Å²) in [6.07, 6.45) is -5.75. The number of hydrogen-bond acceptors (Lipinski definition) is 6. The third-order valence-electron chi connectivity index (χ3n) is 1.91. The van der Waals surface area contributed by atoms with E-state index in [1.807, 2.05) is 0 Å². The van der Waals surface area contributed by atoms with E-state index in [0.29, 0.717) is 0 Å². The zero-order valence-corrected chi connectivity index (χ0v) is 8.76. The van der Waals surface area contributed by atoms with Crippen molar-refractivity contribution in [3.63, 3.8) is 0 Å². The van der Waals surface area contributed by atoms with E-state index >= 15 is 0 Å². The minimum Gasteiger partial charge on any atom is -0.479 e. The van der Waals surface area contributed by atoms with Gasteiger partial charge >= 0.3 is 5.97 Å². The second-order valence-electron chi connectivity index (χ2n) is 3.14. The van der Waals surface area contributed by atoms with Gasteiger partial charge in [-0.1, -0.05) is 0 Å². The highest BCUT2D eigenvalue weighted by Gasteiger charge is 2.44. The number of carboxylic acid groups (broad SMARTS) is 1. The predicted octanol–water partition coefficient (Wildman–Crippen LogP) is -2.68. The van der Waals surface area contributed by atoms with Gasteiger partial charge in [-0.15, -0.1) is 12.4 Å². The Kier molecular flexibility index (Phi) is 7.03. The van der Waals surface area contributed by atoms with Crippen LogP contribution >= 0.6 is 12.4 Å². The minimum atomic E-state index is -2.59. The van der Waals surface area contributed by atoms with Crippen LogP contribution in [0.5, 0.6) is 0 Å². The van der Waals surface area contributed by atoms with Crippen LogP contribution in [0, 0.1) is 0 Å². The Balaban J connectivity index is 0. The Labute approximate surface area is 92.0 Å². The molecule has 6 N–H and O–H groups in total. The lowest BCUT2D eigenvalue weighted by molar-refractivity contribution is -0.186. The summed E-state index contributed by atoms with van der Waals surface area (Å²) in [5.41, 5.74) is -2.59. The van der Waals surface area contributed by atoms with E-state index in [2.05, 4.69) is 0 Å². The van der Waals surface area contributed by atoms with Crippen molar-refractivity contribution in [1.82, 2.24) is 0 Å². The summed E-state index contributed by atoms with van der Waals surface area (Å²) < 4.78 is 0. The normalized spacial score (nSPS) is 20.7. The number of aliphatic hydroxyl groups is 5. The molecule has 0 radical (unpaired) electrons. The van der Waals surface area contributed by atoms with Crippen molar-refractivity contribution in [3.05, 3.63) is 0 Å². The minimum absolute atomic E-state index is 0. The van der Waals surface area contributed by atoms with Gasteiger partial charge in [0, 0.05) is 0 Å². The third kappa shape index (κ3) is 3.90. The molecule has 0 unspecified atom stereocenters. The Morgan fingerprint density at radius 2 is 1.73 bits per heavy atom. The topological polar surface area (TPSA) is 138 Å². The second kappa shape index (κ2) is 6.21. The van der Waals surface area contributed by atoms with E-state index in [1.165, 1.54) is 0 Å². The first-order valence-corrected chi connectivity index (χ1v) is 3.86. The van der Waals surface area contributed by atoms with Crippen molar-refractivity contribution >= 4 is 18.4 Å².